The van der Waals surface area contributed by atoms with Crippen LogP contribution in [0.4, 0.5) is 4.39 Å². The van der Waals surface area contributed by atoms with Crippen LogP contribution in [0, 0.1) is 5.82 Å². The monoisotopic (exact) mass is 313 g/mol. The molecule has 0 N–H and O–H groups in total. The first-order chi connectivity index (χ1) is 11.3. The number of benzene rings is 1. The zero-order valence-electron chi connectivity index (χ0n) is 12.5. The first-order valence-electron chi connectivity index (χ1n) is 7.65. The van der Waals surface area contributed by atoms with Crippen LogP contribution in [0.15, 0.2) is 42.6 Å². The second-order valence-electron chi connectivity index (χ2n) is 5.53. The summed E-state index contributed by atoms with van der Waals surface area (Å²) in [5, 5.41) is 4.39. The number of nitrogens with zero attached hydrogens (tertiary/aromatic N) is 3. The minimum Gasteiger partial charge on any atom is -0.490 e. The van der Waals surface area contributed by atoms with E-state index in [1.807, 2.05) is 18.2 Å². The van der Waals surface area contributed by atoms with E-state index in [-0.39, 0.29) is 11.9 Å². The Kier molecular flexibility index (Phi) is 3.67. The molecule has 0 amide bonds. The van der Waals surface area contributed by atoms with Crippen molar-refractivity contribution in [2.24, 2.45) is 0 Å². The van der Waals surface area contributed by atoms with E-state index in [1.54, 1.807) is 16.8 Å². The molecule has 5 nitrogen and oxygen atoms in total. The van der Waals surface area contributed by atoms with E-state index in [0.717, 1.165) is 19.4 Å². The van der Waals surface area contributed by atoms with Gasteiger partial charge in [0.15, 0.2) is 11.5 Å². The van der Waals surface area contributed by atoms with Gasteiger partial charge >= 0.3 is 0 Å². The molecule has 1 unspecified atom stereocenters. The van der Waals surface area contributed by atoms with Gasteiger partial charge in [0.05, 0.1) is 11.7 Å². The van der Waals surface area contributed by atoms with E-state index >= 15 is 0 Å². The number of hydrogen-bond donors (Lipinski definition) is 0. The van der Waals surface area contributed by atoms with Gasteiger partial charge in [0.1, 0.15) is 18.2 Å². The molecule has 1 aliphatic heterocycles. The quantitative estimate of drug-likeness (QED) is 0.742. The molecule has 4 rings (SSSR count). The average Bonchev–Trinajstić information content (AvgIpc) is 3.22. The Hall–Kier alpha value is -2.47. The predicted molar refractivity (Wildman–Crippen MR) is 82.9 cm³/mol. The molecule has 3 aromatic rings. The van der Waals surface area contributed by atoms with Gasteiger partial charge in [-0.25, -0.2) is 13.9 Å². The molecular weight excluding hydrogens is 297 g/mol. The van der Waals surface area contributed by atoms with Crippen LogP contribution < -0.4 is 4.74 Å². The summed E-state index contributed by atoms with van der Waals surface area (Å²) < 4.78 is 26.7. The van der Waals surface area contributed by atoms with E-state index in [2.05, 4.69) is 10.1 Å². The molecule has 1 aromatic carbocycles. The Labute approximate surface area is 132 Å². The lowest BCUT2D eigenvalue weighted by atomic mass is 10.2. The molecule has 1 aliphatic rings. The number of halogens is 1. The lowest BCUT2D eigenvalue weighted by Gasteiger charge is -2.13. The van der Waals surface area contributed by atoms with Gasteiger partial charge < -0.3 is 9.47 Å². The first-order valence-corrected chi connectivity index (χ1v) is 7.65. The largest absolute Gasteiger partial charge is 0.490 e. The van der Waals surface area contributed by atoms with Crippen LogP contribution in [0.2, 0.25) is 0 Å². The van der Waals surface area contributed by atoms with Gasteiger partial charge in [-0.05, 0) is 43.2 Å². The average molecular weight is 313 g/mol. The molecule has 1 fully saturated rings. The van der Waals surface area contributed by atoms with Crippen molar-refractivity contribution in [3.8, 4) is 17.1 Å². The van der Waals surface area contributed by atoms with E-state index < -0.39 is 0 Å². The third-order valence-electron chi connectivity index (χ3n) is 3.87. The number of pyridine rings is 1. The van der Waals surface area contributed by atoms with Crippen molar-refractivity contribution in [2.75, 3.05) is 13.2 Å². The molecule has 0 aliphatic carbocycles. The van der Waals surface area contributed by atoms with Crippen LogP contribution >= 0.6 is 0 Å². The Bertz CT molecular complexity index is 795. The molecule has 118 valence electrons. The Balaban J connectivity index is 1.66. The number of rotatable bonds is 4. The highest BCUT2D eigenvalue weighted by atomic mass is 19.1. The van der Waals surface area contributed by atoms with Crippen molar-refractivity contribution in [3.63, 3.8) is 0 Å². The van der Waals surface area contributed by atoms with Crippen LogP contribution in [0.1, 0.15) is 12.8 Å². The maximum Gasteiger partial charge on any atom is 0.185 e. The number of hydrogen-bond acceptors (Lipinski definition) is 4. The molecular formula is C17H16FN3O2. The zero-order valence-corrected chi connectivity index (χ0v) is 12.5. The normalized spacial score (nSPS) is 17.7. The SMILES string of the molecule is Fc1ccc(OCC2CCCO2)c(-c2nc3ccccn3n2)c1. The van der Waals surface area contributed by atoms with Crippen LogP contribution in [0.3, 0.4) is 0 Å². The molecule has 0 bridgehead atoms. The zero-order chi connectivity index (χ0) is 15.6. The topological polar surface area (TPSA) is 48.7 Å². The van der Waals surface area contributed by atoms with Crippen LogP contribution in [0.25, 0.3) is 17.0 Å². The molecule has 1 atom stereocenters. The van der Waals surface area contributed by atoms with Crippen molar-refractivity contribution in [2.45, 2.75) is 18.9 Å². The summed E-state index contributed by atoms with van der Waals surface area (Å²) in [6.45, 7) is 1.23. The summed E-state index contributed by atoms with van der Waals surface area (Å²) in [5.74, 6) is 0.666. The van der Waals surface area contributed by atoms with Gasteiger partial charge in [0.25, 0.3) is 0 Å². The Morgan fingerprint density at radius 3 is 3.09 bits per heavy atom. The van der Waals surface area contributed by atoms with E-state index in [1.165, 1.54) is 12.1 Å². The van der Waals surface area contributed by atoms with Crippen LogP contribution in [-0.2, 0) is 4.74 Å². The standard InChI is InChI=1S/C17H16FN3O2/c18-12-6-7-15(23-11-13-4-3-9-22-13)14(10-12)17-19-16-5-1-2-8-21(16)20-17/h1-2,5-8,10,13H,3-4,9,11H2. The smallest absolute Gasteiger partial charge is 0.185 e. The fourth-order valence-corrected chi connectivity index (χ4v) is 2.71. The third-order valence-corrected chi connectivity index (χ3v) is 3.87. The summed E-state index contributed by atoms with van der Waals surface area (Å²) in [5.41, 5.74) is 1.25. The Morgan fingerprint density at radius 1 is 1.30 bits per heavy atom. The van der Waals surface area contributed by atoms with Gasteiger partial charge in [-0.1, -0.05) is 6.07 Å². The summed E-state index contributed by atoms with van der Waals surface area (Å²) in [6.07, 6.45) is 3.95. The minimum absolute atomic E-state index is 0.0990. The van der Waals surface area contributed by atoms with Crippen molar-refractivity contribution >= 4 is 5.65 Å². The summed E-state index contributed by atoms with van der Waals surface area (Å²) >= 11 is 0. The van der Waals surface area contributed by atoms with Gasteiger partial charge in [0.2, 0.25) is 0 Å². The molecule has 0 radical (unpaired) electrons. The lowest BCUT2D eigenvalue weighted by molar-refractivity contribution is 0.0681. The summed E-state index contributed by atoms with van der Waals surface area (Å²) in [4.78, 5) is 4.44. The maximum absolute atomic E-state index is 13.7. The van der Waals surface area contributed by atoms with Crippen molar-refractivity contribution in [3.05, 3.63) is 48.4 Å². The van der Waals surface area contributed by atoms with Crippen molar-refractivity contribution in [1.82, 2.24) is 14.6 Å². The number of aromatic nitrogens is 3. The second-order valence-corrected chi connectivity index (χ2v) is 5.53. The lowest BCUT2D eigenvalue weighted by Crippen LogP contribution is -2.16. The molecule has 23 heavy (non-hydrogen) atoms. The number of ether oxygens (including phenoxy) is 2. The van der Waals surface area contributed by atoms with Gasteiger partial charge in [-0.3, -0.25) is 0 Å². The predicted octanol–water partition coefficient (Wildman–Crippen LogP) is 3.09. The molecule has 0 spiro atoms. The van der Waals surface area contributed by atoms with E-state index in [4.69, 9.17) is 9.47 Å². The minimum atomic E-state index is -0.344. The fraction of sp³-hybridized carbons (Fsp3) is 0.294. The van der Waals surface area contributed by atoms with E-state index in [9.17, 15) is 4.39 Å². The number of fused-ring (bicyclic) bond motifs is 1. The van der Waals surface area contributed by atoms with Gasteiger partial charge in [-0.15, -0.1) is 5.10 Å². The van der Waals surface area contributed by atoms with Crippen molar-refractivity contribution in [1.29, 1.82) is 0 Å². The highest BCUT2D eigenvalue weighted by Crippen LogP contribution is 2.29. The highest BCUT2D eigenvalue weighted by Gasteiger charge is 2.18. The molecule has 2 aromatic heterocycles. The summed E-state index contributed by atoms with van der Waals surface area (Å²) in [7, 11) is 0. The molecule has 6 heteroatoms. The fourth-order valence-electron chi connectivity index (χ4n) is 2.71. The summed E-state index contributed by atoms with van der Waals surface area (Å²) in [6, 6.07) is 10.00. The second kappa shape index (κ2) is 5.96. The molecule has 3 heterocycles. The van der Waals surface area contributed by atoms with Gasteiger partial charge in [-0.2, -0.15) is 0 Å². The molecule has 1 saturated heterocycles. The molecule has 0 saturated carbocycles. The third kappa shape index (κ3) is 2.90. The Morgan fingerprint density at radius 2 is 2.26 bits per heavy atom. The van der Waals surface area contributed by atoms with Crippen LogP contribution in [0.5, 0.6) is 5.75 Å². The first kappa shape index (κ1) is 14.1. The highest BCUT2D eigenvalue weighted by molar-refractivity contribution is 5.65. The van der Waals surface area contributed by atoms with Crippen LogP contribution in [-0.4, -0.2) is 33.9 Å². The van der Waals surface area contributed by atoms with Gasteiger partial charge in [0, 0.05) is 12.8 Å². The maximum atomic E-state index is 13.7. The van der Waals surface area contributed by atoms with Crippen molar-refractivity contribution < 1.29 is 13.9 Å². The van der Waals surface area contributed by atoms with E-state index in [0.29, 0.717) is 29.4 Å².